The lowest BCUT2D eigenvalue weighted by Gasteiger charge is -2.37. The third-order valence-electron chi connectivity index (χ3n) is 12.2. The first kappa shape index (κ1) is 31.2. The number of anilines is 6. The SMILES string of the molecule is CC1(C)CCc2cc(N(c3ccccc3)c3ccccc3)c3ccc4c(C5CCCC5)cc(N(c5ccccc5)c5ccccc5)c5cc1c2c3c45. The normalized spacial score (nSPS) is 15.5. The Morgan fingerprint density at radius 1 is 0.481 bits per heavy atom. The lowest BCUT2D eigenvalue weighted by molar-refractivity contribution is 0.475. The van der Waals surface area contributed by atoms with Gasteiger partial charge < -0.3 is 9.80 Å². The molecule has 2 nitrogen and oxygen atoms in total. The van der Waals surface area contributed by atoms with Gasteiger partial charge in [0.05, 0.1) is 11.4 Å². The zero-order valence-electron chi connectivity index (χ0n) is 30.1. The lowest BCUT2D eigenvalue weighted by Crippen LogP contribution is -2.24. The van der Waals surface area contributed by atoms with Gasteiger partial charge in [0.25, 0.3) is 0 Å². The van der Waals surface area contributed by atoms with E-state index in [1.807, 2.05) is 0 Å². The summed E-state index contributed by atoms with van der Waals surface area (Å²) >= 11 is 0. The van der Waals surface area contributed by atoms with Crippen molar-refractivity contribution in [2.45, 2.75) is 63.7 Å². The summed E-state index contributed by atoms with van der Waals surface area (Å²) < 4.78 is 0. The molecule has 254 valence electrons. The van der Waals surface area contributed by atoms with Gasteiger partial charge in [0.2, 0.25) is 0 Å². The van der Waals surface area contributed by atoms with Gasteiger partial charge in [-0.25, -0.2) is 0 Å². The van der Waals surface area contributed by atoms with E-state index in [9.17, 15) is 0 Å². The van der Waals surface area contributed by atoms with Gasteiger partial charge in [0.15, 0.2) is 0 Å². The molecule has 52 heavy (non-hydrogen) atoms. The molecular formula is C50H44N2. The van der Waals surface area contributed by atoms with Crippen LogP contribution >= 0.6 is 0 Å². The molecule has 0 radical (unpaired) electrons. The van der Waals surface area contributed by atoms with Crippen molar-refractivity contribution in [3.8, 4) is 0 Å². The number of hydrogen-bond acceptors (Lipinski definition) is 2. The van der Waals surface area contributed by atoms with Crippen LogP contribution in [0.25, 0.3) is 32.3 Å². The van der Waals surface area contributed by atoms with E-state index in [1.165, 1.54) is 109 Å². The predicted octanol–water partition coefficient (Wildman–Crippen LogP) is 14.4. The molecule has 8 aromatic carbocycles. The maximum Gasteiger partial charge on any atom is 0.0543 e. The van der Waals surface area contributed by atoms with Crippen molar-refractivity contribution in [1.82, 2.24) is 0 Å². The third kappa shape index (κ3) is 4.92. The second-order valence-corrected chi connectivity index (χ2v) is 15.7. The van der Waals surface area contributed by atoms with E-state index in [1.54, 1.807) is 0 Å². The Kier molecular flexibility index (Phi) is 7.35. The highest BCUT2D eigenvalue weighted by Gasteiger charge is 2.34. The quantitative estimate of drug-likeness (QED) is 0.156. The number of aryl methyl sites for hydroxylation is 1. The summed E-state index contributed by atoms with van der Waals surface area (Å²) in [5.41, 5.74) is 11.8. The summed E-state index contributed by atoms with van der Waals surface area (Å²) in [6.45, 7) is 4.93. The van der Waals surface area contributed by atoms with Crippen LogP contribution in [-0.2, 0) is 11.8 Å². The Morgan fingerprint density at radius 3 is 1.48 bits per heavy atom. The van der Waals surface area contributed by atoms with Crippen molar-refractivity contribution in [2.75, 3.05) is 9.80 Å². The van der Waals surface area contributed by atoms with Gasteiger partial charge in [-0.3, -0.25) is 0 Å². The molecule has 0 heterocycles. The van der Waals surface area contributed by atoms with Crippen LogP contribution in [0.5, 0.6) is 0 Å². The van der Waals surface area contributed by atoms with Crippen LogP contribution in [0.15, 0.2) is 152 Å². The third-order valence-corrected chi connectivity index (χ3v) is 12.2. The van der Waals surface area contributed by atoms with E-state index < -0.39 is 0 Å². The minimum atomic E-state index is 0.0472. The minimum absolute atomic E-state index is 0.0472. The summed E-state index contributed by atoms with van der Waals surface area (Å²) in [4.78, 5) is 5.01. The van der Waals surface area contributed by atoms with Crippen molar-refractivity contribution in [3.05, 3.63) is 168 Å². The molecule has 2 aliphatic carbocycles. The Bertz CT molecular complexity index is 2450. The molecule has 0 aromatic heterocycles. The van der Waals surface area contributed by atoms with Crippen LogP contribution < -0.4 is 9.80 Å². The number of nitrogens with zero attached hydrogens (tertiary/aromatic N) is 2. The molecule has 0 spiro atoms. The fourth-order valence-electron chi connectivity index (χ4n) is 9.59. The van der Waals surface area contributed by atoms with Crippen molar-refractivity contribution in [1.29, 1.82) is 0 Å². The molecule has 2 aliphatic rings. The standard InChI is InChI=1S/C50H44N2/c1-50(2)30-29-35-31-45(51(36-19-7-3-8-20-36)37-21-9-4-10-22-37)41-28-27-40-42(34-17-15-16-18-34)33-46(43-32-44(50)47(35)49(41)48(40)43)52(38-23-11-5-12-24-38)39-25-13-6-14-26-39/h3-14,19-28,31-34H,15-18,29-30H2,1-2H3. The van der Waals surface area contributed by atoms with Crippen LogP contribution in [0.3, 0.4) is 0 Å². The molecule has 1 fully saturated rings. The topological polar surface area (TPSA) is 6.48 Å². The number of benzene rings is 8. The molecule has 0 atom stereocenters. The van der Waals surface area contributed by atoms with E-state index in [0.29, 0.717) is 5.92 Å². The summed E-state index contributed by atoms with van der Waals surface area (Å²) in [6.07, 6.45) is 7.31. The first-order chi connectivity index (χ1) is 25.6. The highest BCUT2D eigenvalue weighted by atomic mass is 15.1. The van der Waals surface area contributed by atoms with Gasteiger partial charge in [0.1, 0.15) is 0 Å². The Morgan fingerprint density at radius 2 is 0.962 bits per heavy atom. The second kappa shape index (κ2) is 12.3. The Labute approximate surface area is 307 Å². The zero-order chi connectivity index (χ0) is 34.8. The van der Waals surface area contributed by atoms with E-state index in [2.05, 4.69) is 175 Å². The van der Waals surface area contributed by atoms with Crippen LogP contribution in [0, 0.1) is 0 Å². The van der Waals surface area contributed by atoms with E-state index >= 15 is 0 Å². The lowest BCUT2D eigenvalue weighted by atomic mass is 9.70. The van der Waals surface area contributed by atoms with Crippen molar-refractivity contribution >= 4 is 66.4 Å². The van der Waals surface area contributed by atoms with Crippen LogP contribution in [0.2, 0.25) is 0 Å². The molecule has 0 aliphatic heterocycles. The fraction of sp³-hybridized carbons (Fsp3) is 0.200. The molecule has 0 amide bonds. The second-order valence-electron chi connectivity index (χ2n) is 15.7. The predicted molar refractivity (Wildman–Crippen MR) is 222 cm³/mol. The van der Waals surface area contributed by atoms with Gasteiger partial charge in [-0.1, -0.05) is 112 Å². The molecule has 0 unspecified atom stereocenters. The van der Waals surface area contributed by atoms with Gasteiger partial charge in [0, 0.05) is 38.9 Å². The molecule has 0 saturated heterocycles. The average molecular weight is 673 g/mol. The average Bonchev–Trinajstić information content (AvgIpc) is 3.74. The number of rotatable bonds is 7. The van der Waals surface area contributed by atoms with Crippen molar-refractivity contribution < 1.29 is 0 Å². The largest absolute Gasteiger partial charge is 0.310 e. The molecule has 2 heteroatoms. The molecule has 10 rings (SSSR count). The molecule has 0 bridgehead atoms. The Balaban J connectivity index is 1.38. The monoisotopic (exact) mass is 672 g/mol. The summed E-state index contributed by atoms with van der Waals surface area (Å²) in [6, 6.07) is 56.5. The van der Waals surface area contributed by atoms with E-state index in [4.69, 9.17) is 0 Å². The molecule has 0 N–H and O–H groups in total. The van der Waals surface area contributed by atoms with E-state index in [-0.39, 0.29) is 5.41 Å². The number of hydrogen-bond donors (Lipinski definition) is 0. The maximum absolute atomic E-state index is 2.60. The summed E-state index contributed by atoms with van der Waals surface area (Å²) in [5, 5.41) is 8.45. The smallest absolute Gasteiger partial charge is 0.0543 e. The Hall–Kier alpha value is -5.60. The van der Waals surface area contributed by atoms with Crippen molar-refractivity contribution in [3.63, 3.8) is 0 Å². The summed E-state index contributed by atoms with van der Waals surface area (Å²) in [7, 11) is 0. The first-order valence-electron chi connectivity index (χ1n) is 19.2. The van der Waals surface area contributed by atoms with Crippen molar-refractivity contribution in [2.24, 2.45) is 0 Å². The van der Waals surface area contributed by atoms with Gasteiger partial charge in [-0.2, -0.15) is 0 Å². The highest BCUT2D eigenvalue weighted by molar-refractivity contribution is 6.30. The van der Waals surface area contributed by atoms with Gasteiger partial charge in [-0.15, -0.1) is 0 Å². The van der Waals surface area contributed by atoms with Crippen LogP contribution in [0.1, 0.15) is 68.6 Å². The molecule has 1 saturated carbocycles. The molecular weight excluding hydrogens is 629 g/mol. The van der Waals surface area contributed by atoms with Crippen LogP contribution in [-0.4, -0.2) is 0 Å². The van der Waals surface area contributed by atoms with E-state index in [0.717, 1.165) is 12.8 Å². The highest BCUT2D eigenvalue weighted by Crippen LogP contribution is 2.55. The zero-order valence-corrected chi connectivity index (χ0v) is 30.1. The molecule has 8 aromatic rings. The first-order valence-corrected chi connectivity index (χ1v) is 19.2. The number of para-hydroxylation sites is 4. The minimum Gasteiger partial charge on any atom is -0.310 e. The fourth-order valence-corrected chi connectivity index (χ4v) is 9.59. The van der Waals surface area contributed by atoms with Crippen LogP contribution in [0.4, 0.5) is 34.1 Å². The van der Waals surface area contributed by atoms with Gasteiger partial charge >= 0.3 is 0 Å². The maximum atomic E-state index is 2.60. The summed E-state index contributed by atoms with van der Waals surface area (Å²) in [5.74, 6) is 0.560. The van der Waals surface area contributed by atoms with Gasteiger partial charge in [-0.05, 0) is 137 Å².